The van der Waals surface area contributed by atoms with Crippen molar-refractivity contribution in [3.8, 4) is 5.75 Å². The van der Waals surface area contributed by atoms with Crippen molar-refractivity contribution in [2.24, 2.45) is 0 Å². The van der Waals surface area contributed by atoms with Gasteiger partial charge in [0.1, 0.15) is 5.75 Å². The van der Waals surface area contributed by atoms with Gasteiger partial charge in [0, 0.05) is 6.20 Å². The molecule has 1 heterocycles. The lowest BCUT2D eigenvalue weighted by Crippen LogP contribution is -2.28. The number of ether oxygens (including phenoxy) is 1. The van der Waals surface area contributed by atoms with Crippen LogP contribution in [0.3, 0.4) is 0 Å². The van der Waals surface area contributed by atoms with Crippen molar-refractivity contribution in [3.63, 3.8) is 0 Å². The summed E-state index contributed by atoms with van der Waals surface area (Å²) in [7, 11) is 1.42. The van der Waals surface area contributed by atoms with E-state index < -0.39 is 18.6 Å². The van der Waals surface area contributed by atoms with Crippen molar-refractivity contribution < 1.29 is 17.9 Å². The summed E-state index contributed by atoms with van der Waals surface area (Å²) in [5.41, 5.74) is 0.297. The summed E-state index contributed by atoms with van der Waals surface area (Å²) < 4.78 is 42.7. The molecule has 0 aliphatic carbocycles. The molecule has 0 amide bonds. The Kier molecular flexibility index (Phi) is 5.40. The molecular weight excluding hydrogens is 245 g/mol. The van der Waals surface area contributed by atoms with Crippen LogP contribution < -0.4 is 10.1 Å². The van der Waals surface area contributed by atoms with Crippen LogP contribution in [0.4, 0.5) is 13.2 Å². The number of methoxy groups -OCH3 is 1. The number of halogens is 3. The molecule has 1 aromatic rings. The number of nitrogens with zero attached hydrogens (tertiary/aromatic N) is 1. The van der Waals surface area contributed by atoms with Gasteiger partial charge in [-0.1, -0.05) is 6.92 Å². The number of hydrogen-bond acceptors (Lipinski definition) is 3. The van der Waals surface area contributed by atoms with E-state index in [1.54, 1.807) is 12.1 Å². The van der Waals surface area contributed by atoms with Crippen LogP contribution in [0, 0.1) is 0 Å². The van der Waals surface area contributed by atoms with Crippen molar-refractivity contribution >= 4 is 0 Å². The highest BCUT2D eigenvalue weighted by Gasteiger charge is 2.34. The van der Waals surface area contributed by atoms with Crippen LogP contribution in [0.5, 0.6) is 5.75 Å². The van der Waals surface area contributed by atoms with Crippen molar-refractivity contribution in [1.82, 2.24) is 10.3 Å². The Balaban J connectivity index is 2.93. The molecule has 0 aromatic carbocycles. The smallest absolute Gasteiger partial charge is 0.390 e. The number of aromatic nitrogens is 1. The first-order valence-electron chi connectivity index (χ1n) is 5.77. The molecule has 0 aliphatic heterocycles. The van der Waals surface area contributed by atoms with Gasteiger partial charge >= 0.3 is 6.18 Å². The van der Waals surface area contributed by atoms with Gasteiger partial charge in [-0.25, -0.2) is 0 Å². The van der Waals surface area contributed by atoms with Crippen LogP contribution in [0.1, 0.15) is 31.5 Å². The molecule has 0 bridgehead atoms. The van der Waals surface area contributed by atoms with Crippen LogP contribution in [-0.2, 0) is 0 Å². The van der Waals surface area contributed by atoms with Gasteiger partial charge in [-0.2, -0.15) is 13.2 Å². The summed E-state index contributed by atoms with van der Waals surface area (Å²) in [6, 6.07) is 2.37. The van der Waals surface area contributed by atoms with Crippen LogP contribution in [-0.4, -0.2) is 24.8 Å². The lowest BCUT2D eigenvalue weighted by molar-refractivity contribution is -0.140. The van der Waals surface area contributed by atoms with Crippen molar-refractivity contribution in [1.29, 1.82) is 0 Å². The molecule has 1 rings (SSSR count). The zero-order valence-corrected chi connectivity index (χ0v) is 10.4. The van der Waals surface area contributed by atoms with Gasteiger partial charge in [0.2, 0.25) is 0 Å². The Labute approximate surface area is 104 Å². The topological polar surface area (TPSA) is 34.2 Å². The fraction of sp³-hybridized carbons (Fsp3) is 0.583. The summed E-state index contributed by atoms with van der Waals surface area (Å²) >= 11 is 0. The largest absolute Gasteiger partial charge is 0.495 e. The molecule has 6 heteroatoms. The van der Waals surface area contributed by atoms with Gasteiger partial charge in [-0.05, 0) is 25.1 Å². The Bertz CT molecular complexity index is 369. The molecular formula is C12H17F3N2O. The van der Waals surface area contributed by atoms with E-state index in [1.165, 1.54) is 13.3 Å². The lowest BCUT2D eigenvalue weighted by Gasteiger charge is -2.21. The zero-order valence-electron chi connectivity index (χ0n) is 10.4. The maximum Gasteiger partial charge on any atom is 0.390 e. The Morgan fingerprint density at radius 1 is 1.44 bits per heavy atom. The highest BCUT2D eigenvalue weighted by Crippen LogP contribution is 2.32. The van der Waals surface area contributed by atoms with Crippen molar-refractivity contribution in [3.05, 3.63) is 24.0 Å². The van der Waals surface area contributed by atoms with E-state index in [0.29, 0.717) is 18.0 Å². The first-order chi connectivity index (χ1) is 8.48. The number of pyridine rings is 1. The molecule has 3 nitrogen and oxygen atoms in total. The third-order valence-corrected chi connectivity index (χ3v) is 2.43. The van der Waals surface area contributed by atoms with Crippen molar-refractivity contribution in [2.45, 2.75) is 32.0 Å². The molecule has 1 unspecified atom stereocenters. The Morgan fingerprint density at radius 2 is 2.17 bits per heavy atom. The second kappa shape index (κ2) is 6.58. The minimum Gasteiger partial charge on any atom is -0.495 e. The van der Waals surface area contributed by atoms with Gasteiger partial charge < -0.3 is 10.1 Å². The number of alkyl halides is 3. The number of nitrogens with one attached hydrogen (secondary N) is 1. The summed E-state index contributed by atoms with van der Waals surface area (Å²) in [4.78, 5) is 4.00. The van der Waals surface area contributed by atoms with Crippen LogP contribution in [0.15, 0.2) is 18.3 Å². The van der Waals surface area contributed by atoms with E-state index in [9.17, 15) is 13.2 Å². The average Bonchev–Trinajstić information content (AvgIpc) is 2.33. The van der Waals surface area contributed by atoms with E-state index in [0.717, 1.165) is 6.42 Å². The summed E-state index contributed by atoms with van der Waals surface area (Å²) in [6.07, 6.45) is -2.98. The fourth-order valence-electron chi connectivity index (χ4n) is 1.65. The molecule has 102 valence electrons. The number of rotatable bonds is 6. The van der Waals surface area contributed by atoms with Gasteiger partial charge in [-0.3, -0.25) is 4.98 Å². The second-order valence-electron chi connectivity index (χ2n) is 3.92. The van der Waals surface area contributed by atoms with E-state index in [4.69, 9.17) is 4.74 Å². The van der Waals surface area contributed by atoms with Gasteiger partial charge in [0.25, 0.3) is 0 Å². The van der Waals surface area contributed by atoms with Crippen molar-refractivity contribution in [2.75, 3.05) is 13.7 Å². The first kappa shape index (κ1) is 14.8. The maximum absolute atomic E-state index is 12.5. The quantitative estimate of drug-likeness (QED) is 0.855. The maximum atomic E-state index is 12.5. The Hall–Kier alpha value is -1.30. The Morgan fingerprint density at radius 3 is 2.72 bits per heavy atom. The van der Waals surface area contributed by atoms with Gasteiger partial charge in [-0.15, -0.1) is 0 Å². The molecule has 0 saturated carbocycles. The molecule has 1 N–H and O–H groups in total. The summed E-state index contributed by atoms with van der Waals surface area (Å²) in [5.74, 6) is 0.371. The average molecular weight is 262 g/mol. The van der Waals surface area contributed by atoms with Crippen LogP contribution in [0.25, 0.3) is 0 Å². The van der Waals surface area contributed by atoms with E-state index in [2.05, 4.69) is 10.3 Å². The van der Waals surface area contributed by atoms with E-state index in [1.807, 2.05) is 6.92 Å². The van der Waals surface area contributed by atoms with Crippen LogP contribution in [0.2, 0.25) is 0 Å². The highest BCUT2D eigenvalue weighted by atomic mass is 19.4. The highest BCUT2D eigenvalue weighted by molar-refractivity contribution is 5.29. The molecule has 0 spiro atoms. The molecule has 1 aromatic heterocycles. The molecule has 1 atom stereocenters. The minimum absolute atomic E-state index is 0.297. The molecule has 0 aliphatic rings. The summed E-state index contributed by atoms with van der Waals surface area (Å²) in [5, 5.41) is 2.85. The van der Waals surface area contributed by atoms with E-state index >= 15 is 0 Å². The summed E-state index contributed by atoms with van der Waals surface area (Å²) in [6.45, 7) is 2.40. The molecule has 0 fully saturated rings. The van der Waals surface area contributed by atoms with Gasteiger partial charge in [0.05, 0.1) is 25.3 Å². The minimum atomic E-state index is -4.24. The third-order valence-electron chi connectivity index (χ3n) is 2.43. The molecule has 18 heavy (non-hydrogen) atoms. The lowest BCUT2D eigenvalue weighted by atomic mass is 10.1. The number of hydrogen-bond donors (Lipinski definition) is 1. The van der Waals surface area contributed by atoms with E-state index in [-0.39, 0.29) is 0 Å². The van der Waals surface area contributed by atoms with Gasteiger partial charge in [0.15, 0.2) is 0 Å². The predicted octanol–water partition coefficient (Wildman–Crippen LogP) is 3.08. The predicted molar refractivity (Wildman–Crippen MR) is 62.5 cm³/mol. The SMILES string of the molecule is CCCNC(CC(F)(F)F)c1ncccc1OC. The zero-order chi connectivity index (χ0) is 13.6. The normalized spacial score (nSPS) is 13.4. The van der Waals surface area contributed by atoms with Crippen LogP contribution >= 0.6 is 0 Å². The second-order valence-corrected chi connectivity index (χ2v) is 3.92. The standard InChI is InChI=1S/C12H17F3N2O/c1-3-6-16-9(8-12(13,14)15)11-10(18-2)5-4-7-17-11/h4-5,7,9,16H,3,6,8H2,1-2H3. The molecule has 0 radical (unpaired) electrons. The third kappa shape index (κ3) is 4.52. The monoisotopic (exact) mass is 262 g/mol. The first-order valence-corrected chi connectivity index (χ1v) is 5.77. The molecule has 0 saturated heterocycles. The fourth-order valence-corrected chi connectivity index (χ4v) is 1.65.